The lowest BCUT2D eigenvalue weighted by Crippen LogP contribution is -2.32. The number of aryl methyl sites for hydroxylation is 17. The Morgan fingerprint density at radius 3 is 0.903 bits per heavy atom. The van der Waals surface area contributed by atoms with Crippen LogP contribution in [-0.2, 0) is 79.9 Å². The highest BCUT2D eigenvalue weighted by molar-refractivity contribution is 5.65. The van der Waals surface area contributed by atoms with E-state index in [1.807, 2.05) is 130 Å². The molecule has 0 aliphatic carbocycles. The molecular formula is C88H116N5+5. The molecule has 5 heteroatoms. The van der Waals surface area contributed by atoms with Crippen LogP contribution in [0, 0.1) is 34.6 Å². The zero-order chi connectivity index (χ0) is 94.2. The predicted octanol–water partition coefficient (Wildman–Crippen LogP) is 19.7. The van der Waals surface area contributed by atoms with Gasteiger partial charge in [-0.25, -0.2) is 22.8 Å². The van der Waals surface area contributed by atoms with Crippen LogP contribution >= 0.6 is 0 Å². The van der Waals surface area contributed by atoms with Gasteiger partial charge in [0.2, 0.25) is 28.5 Å². The van der Waals surface area contributed by atoms with Crippen LogP contribution in [0.1, 0.15) is 232 Å². The van der Waals surface area contributed by atoms with E-state index in [2.05, 4.69) is 36.7 Å². The molecule has 488 valence electrons. The fourth-order valence-electron chi connectivity index (χ4n) is 11.2. The predicted molar refractivity (Wildman–Crippen MR) is 397 cm³/mol. The first kappa shape index (κ1) is 41.5. The van der Waals surface area contributed by atoms with Crippen molar-refractivity contribution in [3.63, 3.8) is 0 Å². The lowest BCUT2D eigenvalue weighted by Gasteiger charge is -2.13. The molecule has 0 fully saturated rings. The quantitative estimate of drug-likeness (QED) is 0.0912. The van der Waals surface area contributed by atoms with E-state index in [0.29, 0.717) is 22.4 Å². The van der Waals surface area contributed by atoms with Crippen LogP contribution in [0.4, 0.5) is 0 Å². The highest BCUT2D eigenvalue weighted by atomic mass is 14.9. The number of nitrogens with zero attached hydrogens (tertiary/aromatic N) is 5. The van der Waals surface area contributed by atoms with Crippen molar-refractivity contribution in [3.8, 4) is 56.3 Å². The third kappa shape index (κ3) is 18.8. The van der Waals surface area contributed by atoms with Crippen LogP contribution in [-0.4, -0.2) is 0 Å². The maximum atomic E-state index is 8.52. The van der Waals surface area contributed by atoms with Crippen LogP contribution in [0.15, 0.2) is 183 Å². The minimum Gasteiger partial charge on any atom is -0.201 e. The van der Waals surface area contributed by atoms with Crippen molar-refractivity contribution in [2.24, 2.45) is 35.2 Å². The highest BCUT2D eigenvalue weighted by Gasteiger charge is 2.22. The maximum absolute atomic E-state index is 8.52. The highest BCUT2D eigenvalue weighted by Crippen LogP contribution is 2.30. The summed E-state index contributed by atoms with van der Waals surface area (Å²) in [5.74, 6) is -7.08. The van der Waals surface area contributed by atoms with Gasteiger partial charge in [-0.05, 0) is 183 Å². The fraction of sp³-hybridized carbons (Fsp3) is 0.375. The third-order valence-electron chi connectivity index (χ3n) is 16.5. The van der Waals surface area contributed by atoms with Gasteiger partial charge in [0.15, 0.2) is 31.0 Å². The van der Waals surface area contributed by atoms with Crippen molar-refractivity contribution in [1.82, 2.24) is 0 Å². The summed E-state index contributed by atoms with van der Waals surface area (Å²) in [6.45, 7) is 6.71. The summed E-state index contributed by atoms with van der Waals surface area (Å²) < 4.78 is 248. The molecule has 5 heterocycles. The van der Waals surface area contributed by atoms with Gasteiger partial charge < -0.3 is 0 Å². The minimum atomic E-state index is -3.39. The van der Waals surface area contributed by atoms with Gasteiger partial charge in [-0.3, -0.25) is 0 Å². The molecule has 0 saturated carbocycles. The molecular weight excluding hydrogens is 1130 g/mol. The lowest BCUT2D eigenvalue weighted by atomic mass is 9.94. The van der Waals surface area contributed by atoms with E-state index < -0.39 is 101 Å². The van der Waals surface area contributed by atoms with Crippen molar-refractivity contribution in [2.45, 2.75) is 187 Å². The van der Waals surface area contributed by atoms with Gasteiger partial charge in [-0.2, -0.15) is 0 Å². The Bertz CT molecular complexity index is 5400. The summed E-state index contributed by atoms with van der Waals surface area (Å²) in [5, 5.41) is 0. The van der Waals surface area contributed by atoms with Crippen LogP contribution < -0.4 is 22.8 Å². The average molecular weight is 1270 g/mol. The monoisotopic (exact) mass is 1270 g/mol. The first-order valence-electron chi connectivity index (χ1n) is 46.2. The Labute approximate surface area is 606 Å². The van der Waals surface area contributed by atoms with E-state index >= 15 is 0 Å². The molecule has 10 aromatic rings. The number of aromatic nitrogens is 5. The van der Waals surface area contributed by atoms with E-state index in [4.69, 9.17) is 41.1 Å². The van der Waals surface area contributed by atoms with Crippen molar-refractivity contribution in [3.05, 3.63) is 266 Å². The summed E-state index contributed by atoms with van der Waals surface area (Å²) in [5.41, 5.74) is 15.8. The van der Waals surface area contributed by atoms with Crippen LogP contribution in [0.5, 0.6) is 0 Å². The molecule has 0 aliphatic heterocycles. The van der Waals surface area contributed by atoms with E-state index in [1.165, 1.54) is 58.7 Å². The second-order valence-electron chi connectivity index (χ2n) is 23.0. The number of benzene rings is 5. The van der Waals surface area contributed by atoms with Crippen molar-refractivity contribution in [2.75, 3.05) is 0 Å². The first-order chi connectivity index (χ1) is 55.7. The van der Waals surface area contributed by atoms with Crippen LogP contribution in [0.3, 0.4) is 0 Å². The SMILES string of the molecule is [2H]C([2H])(C)c1c[n+](C)c(-c2ccccc2C)cc1C([2H])(C)C([2H])([2H])[2H].[2H]C([2H])(C)c1cc(-c2ccccc2C)[n+](C)cc1C([2H])(C)C([2H])([2H])[2H].[2H]C([2H])(C)c1cc(-c2ccccc2C)[n+](C)cc1C([2H])([2H])C.[2H]C([2H])(C)c1cc(-c2ccccc2C)[n+](C)cc1CC.[2H]C([2H])([2H])C([2H])([2H])c1cc(-c2ccccc2C)[n+](C)cc1C([2H])(C([2H])([2H])[2H])C([2H])([2H])[2H]. The second-order valence-corrected chi connectivity index (χ2v) is 23.0. The Balaban J connectivity index is 0.000000240. The number of hydrogen-bond acceptors (Lipinski definition) is 0. The van der Waals surface area contributed by atoms with E-state index in [-0.39, 0.29) is 22.3 Å². The van der Waals surface area contributed by atoms with Crippen molar-refractivity contribution in [1.29, 1.82) is 0 Å². The molecule has 0 amide bonds. The summed E-state index contributed by atoms with van der Waals surface area (Å²) in [7, 11) is 8.98. The van der Waals surface area contributed by atoms with Crippen LogP contribution in [0.2, 0.25) is 0 Å². The standard InChI is InChI=1S/3C18H24N.2C17H22N/c1-6-15-12-19(5)18(11-17(15)13(2)3)16-10-8-7-9-14(16)4;2*1-6-15-11-18(16-10-8-7-9-14(16)4)19(5)12-17(15)13(2)3;2*1-5-14-11-17(18(4)12-15(14)6-2)16-10-8-7-9-13(16)3/h3*7-13H,6H2,1-5H3;2*7-12H,5-6H2,1-4H3/q5*+1/i2D3,6D2,13D;1D3,2D3,3D3,6D2,13D;2D3,6D2,13D;5D2,6D2;5D2. The zero-order valence-electron chi connectivity index (χ0n) is 87.8. The summed E-state index contributed by atoms with van der Waals surface area (Å²) in [6.07, 6.45) is -2.33. The number of hydrogen-bond donors (Lipinski definition) is 0. The van der Waals surface area contributed by atoms with E-state index in [9.17, 15) is 0 Å². The Morgan fingerprint density at radius 1 is 0.312 bits per heavy atom. The summed E-state index contributed by atoms with van der Waals surface area (Å²) in [6, 6.07) is 46.9. The van der Waals surface area contributed by atoms with E-state index in [1.54, 1.807) is 98.1 Å². The normalized spacial score (nSPS) is 18.6. The van der Waals surface area contributed by atoms with E-state index in [0.717, 1.165) is 97.1 Å². The largest absolute Gasteiger partial charge is 0.212 e. The molecule has 10 rings (SSSR count). The number of rotatable bonds is 15. The molecule has 0 aliphatic rings. The van der Waals surface area contributed by atoms with Crippen molar-refractivity contribution < 1.29 is 64.0 Å². The second kappa shape index (κ2) is 35.2. The molecule has 2 atom stereocenters. The maximum Gasteiger partial charge on any atom is 0.212 e. The fourth-order valence-corrected chi connectivity index (χ4v) is 11.2. The van der Waals surface area contributed by atoms with Gasteiger partial charge in [0.1, 0.15) is 35.2 Å². The Morgan fingerprint density at radius 2 is 0.581 bits per heavy atom. The molecule has 0 N–H and O–H groups in total. The van der Waals surface area contributed by atoms with Gasteiger partial charge in [-0.15, -0.1) is 0 Å². The lowest BCUT2D eigenvalue weighted by molar-refractivity contribution is -0.661. The van der Waals surface area contributed by atoms with Gasteiger partial charge in [0.05, 0.1) is 0 Å². The van der Waals surface area contributed by atoms with Gasteiger partial charge >= 0.3 is 0 Å². The van der Waals surface area contributed by atoms with Crippen LogP contribution in [0.25, 0.3) is 56.3 Å². The smallest absolute Gasteiger partial charge is 0.201 e. The molecule has 5 nitrogen and oxygen atoms in total. The Kier molecular flexibility index (Phi) is 15.7. The zero-order valence-corrected chi connectivity index (χ0v) is 57.8. The third-order valence-corrected chi connectivity index (χ3v) is 16.5. The number of pyridine rings is 5. The first-order valence-corrected chi connectivity index (χ1v) is 31.2. The average Bonchev–Trinajstić information content (AvgIpc) is 0.715. The molecule has 0 radical (unpaired) electrons. The molecule has 0 saturated heterocycles. The van der Waals surface area contributed by atoms with Gasteiger partial charge in [0.25, 0.3) is 0 Å². The topological polar surface area (TPSA) is 19.4 Å². The van der Waals surface area contributed by atoms with Gasteiger partial charge in [0, 0.05) is 127 Å². The molecule has 0 bridgehead atoms. The summed E-state index contributed by atoms with van der Waals surface area (Å²) >= 11 is 0. The van der Waals surface area contributed by atoms with Crippen molar-refractivity contribution >= 4 is 0 Å². The van der Waals surface area contributed by atoms with Gasteiger partial charge in [-0.1, -0.05) is 181 Å². The molecule has 2 unspecified atom stereocenters. The molecule has 93 heavy (non-hydrogen) atoms. The Hall–Kier alpha value is -8.15. The molecule has 0 spiro atoms. The minimum absolute atomic E-state index is 0.180. The molecule has 5 aromatic carbocycles. The molecule has 5 aromatic heterocycles. The summed E-state index contributed by atoms with van der Waals surface area (Å²) in [4.78, 5) is 0.